The van der Waals surface area contributed by atoms with Crippen LogP contribution < -0.4 is 9.80 Å². The number of hydrogen-bond donors (Lipinski definition) is 0. The smallest absolute Gasteiger partial charge is 0.187 e. The normalized spacial score (nSPS) is 22.5. The number of fused-ring (bicyclic) bond motifs is 2. The number of piperazine rings is 1. The first-order valence-corrected chi connectivity index (χ1v) is 8.41. The summed E-state index contributed by atoms with van der Waals surface area (Å²) in [5.41, 5.74) is 1.46. The molecule has 0 aliphatic carbocycles. The number of nitrogens with zero attached hydrogens (tertiary/aromatic N) is 6. The van der Waals surface area contributed by atoms with Crippen LogP contribution in [0, 0.1) is 19.7 Å². The third kappa shape index (κ3) is 2.39. The van der Waals surface area contributed by atoms with Gasteiger partial charge in [0.2, 0.25) is 0 Å². The van der Waals surface area contributed by atoms with Crippen LogP contribution in [0.1, 0.15) is 30.6 Å². The molecule has 0 spiro atoms. The molecule has 2 aromatic rings. The van der Waals surface area contributed by atoms with E-state index in [0.29, 0.717) is 17.9 Å². The van der Waals surface area contributed by atoms with Gasteiger partial charge in [0.15, 0.2) is 11.6 Å². The molecule has 6 nitrogen and oxygen atoms in total. The molecule has 0 amide bonds. The van der Waals surface area contributed by atoms with Crippen LogP contribution in [0.2, 0.25) is 0 Å². The van der Waals surface area contributed by atoms with Crippen molar-refractivity contribution >= 4 is 11.6 Å². The zero-order chi connectivity index (χ0) is 16.8. The van der Waals surface area contributed by atoms with Gasteiger partial charge in [-0.2, -0.15) is 0 Å². The first kappa shape index (κ1) is 15.2. The molecular weight excluding hydrogens is 307 g/mol. The van der Waals surface area contributed by atoms with E-state index in [1.807, 2.05) is 26.8 Å². The highest BCUT2D eigenvalue weighted by molar-refractivity contribution is 5.53. The van der Waals surface area contributed by atoms with E-state index in [4.69, 9.17) is 0 Å². The van der Waals surface area contributed by atoms with Crippen molar-refractivity contribution in [2.24, 2.45) is 0 Å². The van der Waals surface area contributed by atoms with Crippen molar-refractivity contribution in [1.29, 1.82) is 0 Å². The minimum absolute atomic E-state index is 0.267. The minimum Gasteiger partial charge on any atom is -0.352 e. The molecule has 0 saturated carbocycles. The SMILES string of the molecule is CCc1ncnc(N2C3CC2CN(c2cc(C)nc(C)n2)C3)c1F. The molecule has 5 rings (SSSR count). The number of rotatable bonds is 3. The van der Waals surface area contributed by atoms with Gasteiger partial charge in [-0.05, 0) is 26.7 Å². The summed E-state index contributed by atoms with van der Waals surface area (Å²) in [5.74, 6) is 1.94. The average Bonchev–Trinajstić information content (AvgIpc) is 2.56. The number of hydrogen-bond acceptors (Lipinski definition) is 6. The molecule has 2 aromatic heterocycles. The fraction of sp³-hybridized carbons (Fsp3) is 0.529. The zero-order valence-electron chi connectivity index (χ0n) is 14.2. The lowest BCUT2D eigenvalue weighted by atomic mass is 9.87. The van der Waals surface area contributed by atoms with E-state index >= 15 is 0 Å². The second kappa shape index (κ2) is 5.65. The van der Waals surface area contributed by atoms with E-state index in [-0.39, 0.29) is 17.9 Å². The number of piperidine rings is 1. The summed E-state index contributed by atoms with van der Waals surface area (Å²) in [6.07, 6.45) is 3.13. The second-order valence-corrected chi connectivity index (χ2v) is 6.58. The maximum absolute atomic E-state index is 14.6. The standard InChI is InChI=1S/C17H21FN6/c1-4-14-16(18)17(20-9-19-14)24-12-6-13(24)8-23(7-12)15-5-10(2)21-11(3)22-15/h5,9,12-13H,4,6-8H2,1-3H3. The van der Waals surface area contributed by atoms with Crippen LogP contribution in [0.5, 0.6) is 0 Å². The summed E-state index contributed by atoms with van der Waals surface area (Å²) in [7, 11) is 0. The molecule has 2 atom stereocenters. The summed E-state index contributed by atoms with van der Waals surface area (Å²) in [6, 6.07) is 2.56. The Labute approximate surface area is 140 Å². The number of aryl methyl sites for hydroxylation is 3. The van der Waals surface area contributed by atoms with Crippen molar-refractivity contribution in [2.75, 3.05) is 22.9 Å². The maximum atomic E-state index is 14.6. The van der Waals surface area contributed by atoms with Gasteiger partial charge in [0.25, 0.3) is 0 Å². The van der Waals surface area contributed by atoms with E-state index in [2.05, 4.69) is 29.7 Å². The van der Waals surface area contributed by atoms with E-state index in [9.17, 15) is 4.39 Å². The molecule has 0 radical (unpaired) electrons. The Balaban J connectivity index is 1.57. The number of aromatic nitrogens is 4. The van der Waals surface area contributed by atoms with Crippen molar-refractivity contribution in [3.8, 4) is 0 Å². The van der Waals surface area contributed by atoms with Gasteiger partial charge in [0, 0.05) is 24.8 Å². The summed E-state index contributed by atoms with van der Waals surface area (Å²) < 4.78 is 14.6. The molecule has 7 heteroatoms. The first-order valence-electron chi connectivity index (χ1n) is 8.41. The monoisotopic (exact) mass is 328 g/mol. The van der Waals surface area contributed by atoms with E-state index in [0.717, 1.165) is 36.8 Å². The summed E-state index contributed by atoms with van der Waals surface area (Å²) in [6.45, 7) is 7.47. The quantitative estimate of drug-likeness (QED) is 0.859. The van der Waals surface area contributed by atoms with Crippen molar-refractivity contribution < 1.29 is 4.39 Å². The van der Waals surface area contributed by atoms with Gasteiger partial charge in [0.1, 0.15) is 18.0 Å². The Morgan fingerprint density at radius 1 is 1.17 bits per heavy atom. The average molecular weight is 328 g/mol. The molecule has 3 aliphatic heterocycles. The fourth-order valence-corrected chi connectivity index (χ4v) is 3.82. The maximum Gasteiger partial charge on any atom is 0.187 e. The Hall–Kier alpha value is -2.31. The van der Waals surface area contributed by atoms with Crippen LogP contribution in [0.15, 0.2) is 12.4 Å². The van der Waals surface area contributed by atoms with Gasteiger partial charge in [-0.25, -0.2) is 24.3 Å². The molecule has 5 heterocycles. The van der Waals surface area contributed by atoms with Crippen molar-refractivity contribution in [3.05, 3.63) is 35.4 Å². The molecule has 0 N–H and O–H groups in total. The van der Waals surface area contributed by atoms with Crippen LogP contribution in [-0.2, 0) is 6.42 Å². The van der Waals surface area contributed by atoms with Gasteiger partial charge < -0.3 is 9.80 Å². The Kier molecular flexibility index (Phi) is 3.58. The molecule has 0 aromatic carbocycles. The Bertz CT molecular complexity index is 747. The third-order valence-corrected chi connectivity index (χ3v) is 4.89. The fourth-order valence-electron chi connectivity index (χ4n) is 3.82. The van der Waals surface area contributed by atoms with Crippen LogP contribution >= 0.6 is 0 Å². The second-order valence-electron chi connectivity index (χ2n) is 6.58. The summed E-state index contributed by atoms with van der Waals surface area (Å²) in [4.78, 5) is 21.5. The highest BCUT2D eigenvalue weighted by Gasteiger charge is 2.46. The lowest BCUT2D eigenvalue weighted by Gasteiger charge is -2.57. The molecule has 3 saturated heterocycles. The first-order chi connectivity index (χ1) is 11.6. The van der Waals surface area contributed by atoms with Crippen LogP contribution in [-0.4, -0.2) is 45.1 Å². The van der Waals surface area contributed by atoms with Crippen LogP contribution in [0.4, 0.5) is 16.0 Å². The third-order valence-electron chi connectivity index (χ3n) is 4.89. The predicted octanol–water partition coefficient (Wildman–Crippen LogP) is 2.05. The van der Waals surface area contributed by atoms with E-state index < -0.39 is 0 Å². The molecule has 126 valence electrons. The molecule has 3 fully saturated rings. The Morgan fingerprint density at radius 3 is 2.58 bits per heavy atom. The zero-order valence-corrected chi connectivity index (χ0v) is 14.2. The summed E-state index contributed by atoms with van der Waals surface area (Å²) >= 11 is 0. The largest absolute Gasteiger partial charge is 0.352 e. The predicted molar refractivity (Wildman–Crippen MR) is 89.8 cm³/mol. The molecule has 3 aliphatic rings. The molecule has 2 bridgehead atoms. The van der Waals surface area contributed by atoms with Gasteiger partial charge in [-0.1, -0.05) is 6.92 Å². The van der Waals surface area contributed by atoms with Gasteiger partial charge in [-0.3, -0.25) is 0 Å². The van der Waals surface area contributed by atoms with Crippen LogP contribution in [0.25, 0.3) is 0 Å². The van der Waals surface area contributed by atoms with Gasteiger partial charge in [-0.15, -0.1) is 0 Å². The van der Waals surface area contributed by atoms with Crippen molar-refractivity contribution in [1.82, 2.24) is 19.9 Å². The molecule has 2 unspecified atom stereocenters. The minimum atomic E-state index is -0.267. The highest BCUT2D eigenvalue weighted by atomic mass is 19.1. The number of halogens is 1. The van der Waals surface area contributed by atoms with Gasteiger partial charge in [0.05, 0.1) is 17.8 Å². The molecular formula is C17H21FN6. The number of anilines is 2. The highest BCUT2D eigenvalue weighted by Crippen LogP contribution is 2.38. The van der Waals surface area contributed by atoms with Crippen molar-refractivity contribution in [2.45, 2.75) is 45.7 Å². The van der Waals surface area contributed by atoms with Crippen LogP contribution in [0.3, 0.4) is 0 Å². The Morgan fingerprint density at radius 2 is 1.92 bits per heavy atom. The van der Waals surface area contributed by atoms with E-state index in [1.54, 1.807) is 0 Å². The molecule has 24 heavy (non-hydrogen) atoms. The summed E-state index contributed by atoms with van der Waals surface area (Å²) in [5, 5.41) is 0. The van der Waals surface area contributed by atoms with Gasteiger partial charge >= 0.3 is 0 Å². The lowest BCUT2D eigenvalue weighted by Crippen LogP contribution is -2.69. The lowest BCUT2D eigenvalue weighted by molar-refractivity contribution is 0.283. The van der Waals surface area contributed by atoms with E-state index in [1.165, 1.54) is 6.33 Å². The van der Waals surface area contributed by atoms with Crippen molar-refractivity contribution in [3.63, 3.8) is 0 Å². The topological polar surface area (TPSA) is 58.0 Å².